The molecule has 150 valence electrons. The highest BCUT2D eigenvalue weighted by molar-refractivity contribution is 9.10. The fourth-order valence-corrected chi connectivity index (χ4v) is 4.13. The molecule has 0 spiro atoms. The number of H-pyrrole nitrogens is 1. The molecule has 0 saturated carbocycles. The number of amides is 1. The summed E-state index contributed by atoms with van der Waals surface area (Å²) in [5.74, 6) is -2.09. The molecular weight excluding hydrogens is 448 g/mol. The highest BCUT2D eigenvalue weighted by atomic mass is 79.9. The van der Waals surface area contributed by atoms with Gasteiger partial charge in [0.2, 0.25) is 0 Å². The standard InChI is InChI=1S/C23H17BrN2O4/c1-30-17-9-5-7-15(13-17)21(27)19-20(14-6-4-8-16(24)12-14)26(23(29)22(19)28)18-10-2-3-11-25-18/h2-13,19-20H,1H3/p+1. The van der Waals surface area contributed by atoms with Gasteiger partial charge in [-0.15, -0.1) is 0 Å². The number of aromatic amines is 1. The van der Waals surface area contributed by atoms with Crippen molar-refractivity contribution in [2.45, 2.75) is 6.04 Å². The van der Waals surface area contributed by atoms with Crippen molar-refractivity contribution in [2.75, 3.05) is 12.0 Å². The molecule has 1 fully saturated rings. The van der Waals surface area contributed by atoms with Crippen LogP contribution in [0.5, 0.6) is 5.75 Å². The molecule has 4 rings (SSSR count). The fraction of sp³-hybridized carbons (Fsp3) is 0.130. The number of rotatable bonds is 5. The molecule has 1 amide bonds. The number of hydrogen-bond donors (Lipinski definition) is 0. The quantitative estimate of drug-likeness (QED) is 0.328. The predicted octanol–water partition coefficient (Wildman–Crippen LogP) is 3.43. The second-order valence-corrected chi connectivity index (χ2v) is 7.78. The Hall–Kier alpha value is -3.32. The van der Waals surface area contributed by atoms with E-state index in [1.54, 1.807) is 48.7 Å². The van der Waals surface area contributed by atoms with E-state index in [4.69, 9.17) is 4.74 Å². The van der Waals surface area contributed by atoms with Gasteiger partial charge in [0, 0.05) is 16.1 Å². The van der Waals surface area contributed by atoms with Gasteiger partial charge >= 0.3 is 5.91 Å². The number of methoxy groups -OCH3 is 1. The maximum absolute atomic E-state index is 13.4. The van der Waals surface area contributed by atoms with Crippen molar-refractivity contribution in [3.63, 3.8) is 0 Å². The zero-order chi connectivity index (χ0) is 21.3. The summed E-state index contributed by atoms with van der Waals surface area (Å²) >= 11 is 3.44. The van der Waals surface area contributed by atoms with Crippen LogP contribution < -0.4 is 14.6 Å². The third-order valence-electron chi connectivity index (χ3n) is 5.09. The van der Waals surface area contributed by atoms with Gasteiger partial charge in [-0.3, -0.25) is 9.59 Å². The van der Waals surface area contributed by atoms with Gasteiger partial charge in [0.05, 0.1) is 13.3 Å². The number of Topliss-reactive ketones (excluding diaryl/α,β-unsaturated/α-hetero) is 2. The first-order valence-corrected chi connectivity index (χ1v) is 10.1. The van der Waals surface area contributed by atoms with E-state index in [0.717, 1.165) is 4.47 Å². The Balaban J connectivity index is 1.86. The van der Waals surface area contributed by atoms with Crippen molar-refractivity contribution in [1.82, 2.24) is 0 Å². The summed E-state index contributed by atoms with van der Waals surface area (Å²) in [6.07, 6.45) is 1.67. The number of pyridine rings is 1. The van der Waals surface area contributed by atoms with Crippen molar-refractivity contribution in [2.24, 2.45) is 5.92 Å². The Kier molecular flexibility index (Phi) is 5.46. The van der Waals surface area contributed by atoms with Crippen LogP contribution in [0.25, 0.3) is 0 Å². The number of nitrogens with one attached hydrogen (secondary N) is 1. The van der Waals surface area contributed by atoms with Crippen LogP contribution in [0.15, 0.2) is 77.4 Å². The molecule has 3 aromatic rings. The minimum Gasteiger partial charge on any atom is -0.497 e. The van der Waals surface area contributed by atoms with E-state index in [-0.39, 0.29) is 0 Å². The molecular formula is C23H18BrN2O4+. The molecule has 7 heteroatoms. The molecule has 2 atom stereocenters. The Labute approximate surface area is 181 Å². The van der Waals surface area contributed by atoms with E-state index in [9.17, 15) is 14.4 Å². The van der Waals surface area contributed by atoms with Gasteiger partial charge < -0.3 is 4.74 Å². The van der Waals surface area contributed by atoms with Crippen LogP contribution in [-0.2, 0) is 9.59 Å². The van der Waals surface area contributed by atoms with E-state index in [0.29, 0.717) is 22.7 Å². The van der Waals surface area contributed by atoms with Crippen LogP contribution in [0.1, 0.15) is 22.0 Å². The zero-order valence-corrected chi connectivity index (χ0v) is 17.6. The smallest absolute Gasteiger partial charge is 0.378 e. The minimum atomic E-state index is -1.17. The first-order valence-electron chi connectivity index (χ1n) is 9.29. The van der Waals surface area contributed by atoms with Crippen LogP contribution in [-0.4, -0.2) is 24.6 Å². The first-order chi connectivity index (χ1) is 14.5. The molecule has 2 unspecified atom stereocenters. The van der Waals surface area contributed by atoms with E-state index >= 15 is 0 Å². The van der Waals surface area contributed by atoms with Crippen LogP contribution in [0, 0.1) is 5.92 Å². The lowest BCUT2D eigenvalue weighted by Crippen LogP contribution is -2.34. The third kappa shape index (κ3) is 3.52. The number of ketones is 2. The molecule has 1 aromatic heterocycles. The van der Waals surface area contributed by atoms with E-state index in [1.165, 1.54) is 12.0 Å². The molecule has 2 heterocycles. The largest absolute Gasteiger partial charge is 0.497 e. The molecule has 0 bridgehead atoms. The number of nitrogens with zero attached hydrogens (tertiary/aromatic N) is 1. The molecule has 1 saturated heterocycles. The van der Waals surface area contributed by atoms with Crippen LogP contribution in [0.3, 0.4) is 0 Å². The normalized spacial score (nSPS) is 18.5. The van der Waals surface area contributed by atoms with Gasteiger partial charge in [-0.25, -0.2) is 9.78 Å². The van der Waals surface area contributed by atoms with Crippen LogP contribution in [0.4, 0.5) is 5.82 Å². The van der Waals surface area contributed by atoms with Gasteiger partial charge in [0.15, 0.2) is 5.78 Å². The van der Waals surface area contributed by atoms with Crippen molar-refractivity contribution in [1.29, 1.82) is 0 Å². The average molecular weight is 466 g/mol. The molecule has 6 nitrogen and oxygen atoms in total. The van der Waals surface area contributed by atoms with Gasteiger partial charge in [0.25, 0.3) is 11.6 Å². The summed E-state index contributed by atoms with van der Waals surface area (Å²) in [5.41, 5.74) is 1.00. The third-order valence-corrected chi connectivity index (χ3v) is 5.58. The highest BCUT2D eigenvalue weighted by Gasteiger charge is 2.57. The molecule has 0 aliphatic carbocycles. The van der Waals surface area contributed by atoms with Gasteiger partial charge in [-0.2, -0.15) is 4.90 Å². The number of ether oxygens (including phenoxy) is 1. The van der Waals surface area contributed by atoms with Crippen molar-refractivity contribution >= 4 is 39.2 Å². The summed E-state index contributed by atoms with van der Waals surface area (Å²) in [5, 5.41) is 0. The van der Waals surface area contributed by atoms with Crippen molar-refractivity contribution < 1.29 is 24.1 Å². The van der Waals surface area contributed by atoms with Gasteiger partial charge in [-0.05, 0) is 35.9 Å². The Morgan fingerprint density at radius 1 is 1.03 bits per heavy atom. The maximum Gasteiger partial charge on any atom is 0.378 e. The molecule has 1 aliphatic rings. The van der Waals surface area contributed by atoms with Crippen LogP contribution in [0.2, 0.25) is 0 Å². The topological polar surface area (TPSA) is 77.8 Å². The average Bonchev–Trinajstić information content (AvgIpc) is 3.04. The summed E-state index contributed by atoms with van der Waals surface area (Å²) < 4.78 is 6.00. The first kappa shape index (κ1) is 20.0. The summed E-state index contributed by atoms with van der Waals surface area (Å²) in [4.78, 5) is 43.9. The van der Waals surface area contributed by atoms with Crippen molar-refractivity contribution in [3.05, 3.63) is 88.5 Å². The maximum atomic E-state index is 13.4. The lowest BCUT2D eigenvalue weighted by molar-refractivity contribution is -0.363. The number of carbonyl (C=O) groups excluding carboxylic acids is 3. The lowest BCUT2D eigenvalue weighted by Gasteiger charge is -2.21. The summed E-state index contributed by atoms with van der Waals surface area (Å²) in [7, 11) is 1.51. The zero-order valence-electron chi connectivity index (χ0n) is 16.0. The predicted molar refractivity (Wildman–Crippen MR) is 113 cm³/mol. The number of carbonyl (C=O) groups is 3. The number of benzene rings is 2. The van der Waals surface area contributed by atoms with E-state index in [2.05, 4.69) is 20.9 Å². The fourth-order valence-electron chi connectivity index (χ4n) is 3.71. The Morgan fingerprint density at radius 2 is 1.83 bits per heavy atom. The minimum absolute atomic E-state index is 0.319. The number of aromatic nitrogens is 1. The second-order valence-electron chi connectivity index (χ2n) is 6.86. The number of halogens is 1. The Morgan fingerprint density at radius 3 is 2.53 bits per heavy atom. The van der Waals surface area contributed by atoms with E-state index in [1.807, 2.05) is 24.3 Å². The van der Waals surface area contributed by atoms with Gasteiger partial charge in [0.1, 0.15) is 17.7 Å². The second kappa shape index (κ2) is 8.20. The number of anilines is 1. The molecule has 1 N–H and O–H groups in total. The Bertz CT molecular complexity index is 1130. The molecule has 1 aliphatic heterocycles. The summed E-state index contributed by atoms with van der Waals surface area (Å²) in [6, 6.07) is 18.4. The van der Waals surface area contributed by atoms with Crippen LogP contribution >= 0.6 is 15.9 Å². The monoisotopic (exact) mass is 465 g/mol. The lowest BCUT2D eigenvalue weighted by atomic mass is 9.86. The SMILES string of the molecule is COc1cccc(C(=O)C2C(=O)C(=O)N(c3cccc[nH+]3)C2c2cccc(Br)c2)c1. The van der Waals surface area contributed by atoms with Crippen molar-refractivity contribution in [3.8, 4) is 5.75 Å². The highest BCUT2D eigenvalue weighted by Crippen LogP contribution is 2.40. The summed E-state index contributed by atoms with van der Waals surface area (Å²) in [6.45, 7) is 0. The molecule has 30 heavy (non-hydrogen) atoms. The van der Waals surface area contributed by atoms with Gasteiger partial charge in [-0.1, -0.05) is 46.3 Å². The molecule has 2 aromatic carbocycles. The molecule has 0 radical (unpaired) electrons. The van der Waals surface area contributed by atoms with E-state index < -0.39 is 29.4 Å². The number of hydrogen-bond acceptors (Lipinski definition) is 4.